The van der Waals surface area contributed by atoms with Crippen molar-refractivity contribution in [2.75, 3.05) is 26.6 Å². The van der Waals surface area contributed by atoms with E-state index < -0.39 is 5.91 Å². The van der Waals surface area contributed by atoms with Gasteiger partial charge in [-0.1, -0.05) is 23.7 Å². The maximum Gasteiger partial charge on any atom is 0.257 e. The van der Waals surface area contributed by atoms with Gasteiger partial charge in [0.1, 0.15) is 18.1 Å². The van der Waals surface area contributed by atoms with Crippen molar-refractivity contribution in [3.8, 4) is 23.0 Å². The van der Waals surface area contributed by atoms with E-state index in [4.69, 9.17) is 42.8 Å². The molecule has 0 radical (unpaired) electrons. The van der Waals surface area contributed by atoms with Gasteiger partial charge in [-0.3, -0.25) is 10.1 Å². The molecule has 0 aliphatic carbocycles. The van der Waals surface area contributed by atoms with Crippen molar-refractivity contribution in [3.05, 3.63) is 76.8 Å². The van der Waals surface area contributed by atoms with Crippen LogP contribution >= 0.6 is 23.8 Å². The highest BCUT2D eigenvalue weighted by molar-refractivity contribution is 7.80. The number of ether oxygens (including phenoxy) is 4. The molecule has 0 spiro atoms. The molecular weight excluding hydrogens is 464 g/mol. The summed E-state index contributed by atoms with van der Waals surface area (Å²) in [6.07, 6.45) is 0. The van der Waals surface area contributed by atoms with Gasteiger partial charge in [0.2, 0.25) is 0 Å². The van der Waals surface area contributed by atoms with E-state index in [1.807, 2.05) is 12.1 Å². The Morgan fingerprint density at radius 1 is 0.879 bits per heavy atom. The quantitative estimate of drug-likeness (QED) is 0.430. The molecule has 0 fully saturated rings. The van der Waals surface area contributed by atoms with Crippen LogP contribution in [-0.2, 0) is 6.61 Å². The molecule has 0 saturated carbocycles. The van der Waals surface area contributed by atoms with Gasteiger partial charge in [-0.15, -0.1) is 0 Å². The van der Waals surface area contributed by atoms with Crippen LogP contribution in [0.25, 0.3) is 0 Å². The average molecular weight is 487 g/mol. The first-order chi connectivity index (χ1) is 15.9. The fourth-order valence-corrected chi connectivity index (χ4v) is 3.23. The molecule has 7 nitrogen and oxygen atoms in total. The van der Waals surface area contributed by atoms with E-state index in [-0.39, 0.29) is 5.11 Å². The molecular formula is C24H23ClN2O5S. The van der Waals surface area contributed by atoms with Gasteiger partial charge in [0.05, 0.1) is 27.0 Å². The van der Waals surface area contributed by atoms with E-state index in [1.165, 1.54) is 14.2 Å². The number of carbonyl (C=O) groups excluding carboxylic acids is 1. The van der Waals surface area contributed by atoms with E-state index in [0.29, 0.717) is 45.9 Å². The zero-order chi connectivity index (χ0) is 23.8. The number of hydrogen-bond acceptors (Lipinski definition) is 6. The van der Waals surface area contributed by atoms with E-state index >= 15 is 0 Å². The molecule has 0 unspecified atom stereocenters. The maximum absolute atomic E-state index is 12.7. The summed E-state index contributed by atoms with van der Waals surface area (Å²) in [5.74, 6) is 1.69. The van der Waals surface area contributed by atoms with Crippen LogP contribution in [0.3, 0.4) is 0 Å². The van der Waals surface area contributed by atoms with Crippen LogP contribution in [-0.4, -0.2) is 32.3 Å². The highest BCUT2D eigenvalue weighted by atomic mass is 35.5. The third-order valence-corrected chi connectivity index (χ3v) is 5.07. The maximum atomic E-state index is 12.7. The second-order valence-electron chi connectivity index (χ2n) is 6.76. The predicted octanol–water partition coefficient (Wildman–Crippen LogP) is 5.07. The van der Waals surface area contributed by atoms with Crippen molar-refractivity contribution in [1.82, 2.24) is 5.32 Å². The van der Waals surface area contributed by atoms with Gasteiger partial charge in [-0.2, -0.15) is 0 Å². The zero-order valence-corrected chi connectivity index (χ0v) is 19.9. The highest BCUT2D eigenvalue weighted by Gasteiger charge is 2.14. The summed E-state index contributed by atoms with van der Waals surface area (Å²) in [5.41, 5.74) is 1.90. The number of amides is 1. The van der Waals surface area contributed by atoms with Gasteiger partial charge >= 0.3 is 0 Å². The number of anilines is 1. The number of carbonyl (C=O) groups is 1. The number of halogens is 1. The Morgan fingerprint density at radius 3 is 2.27 bits per heavy atom. The third kappa shape index (κ3) is 6.50. The summed E-state index contributed by atoms with van der Waals surface area (Å²) in [7, 11) is 4.60. The molecule has 9 heteroatoms. The lowest BCUT2D eigenvalue weighted by atomic mass is 10.2. The Morgan fingerprint density at radius 2 is 1.61 bits per heavy atom. The van der Waals surface area contributed by atoms with Gasteiger partial charge in [0, 0.05) is 16.7 Å². The van der Waals surface area contributed by atoms with Crippen LogP contribution in [0.15, 0.2) is 60.7 Å². The molecule has 0 heterocycles. The first kappa shape index (κ1) is 24.2. The standard InChI is InChI=1S/C24H23ClN2O5S/c1-29-18-9-10-19(21(13-18)30-2)26-24(33)27-23(28)16-6-11-20(22(12-16)31-3)32-14-15-4-7-17(25)8-5-15/h4-13H,14H2,1-3H3,(H2,26,27,28,33). The highest BCUT2D eigenvalue weighted by Crippen LogP contribution is 2.30. The number of nitrogens with one attached hydrogen (secondary N) is 2. The molecule has 3 rings (SSSR count). The number of rotatable bonds is 8. The normalized spacial score (nSPS) is 10.2. The molecule has 0 aromatic heterocycles. The van der Waals surface area contributed by atoms with Crippen molar-refractivity contribution < 1.29 is 23.7 Å². The number of thiocarbonyl (C=S) groups is 1. The fourth-order valence-electron chi connectivity index (χ4n) is 2.90. The van der Waals surface area contributed by atoms with Crippen molar-refractivity contribution >= 4 is 40.5 Å². The van der Waals surface area contributed by atoms with Crippen LogP contribution in [0.1, 0.15) is 15.9 Å². The molecule has 0 aliphatic rings. The minimum Gasteiger partial charge on any atom is -0.497 e. The van der Waals surface area contributed by atoms with Gasteiger partial charge < -0.3 is 24.3 Å². The van der Waals surface area contributed by atoms with Crippen LogP contribution in [0.4, 0.5) is 5.69 Å². The summed E-state index contributed by atoms with van der Waals surface area (Å²) in [4.78, 5) is 12.7. The lowest BCUT2D eigenvalue weighted by Crippen LogP contribution is -2.34. The molecule has 33 heavy (non-hydrogen) atoms. The molecule has 0 atom stereocenters. The van der Waals surface area contributed by atoms with Crippen LogP contribution < -0.4 is 29.6 Å². The van der Waals surface area contributed by atoms with Crippen LogP contribution in [0.5, 0.6) is 23.0 Å². The number of benzene rings is 3. The predicted molar refractivity (Wildman–Crippen MR) is 132 cm³/mol. The smallest absolute Gasteiger partial charge is 0.257 e. The first-order valence-electron chi connectivity index (χ1n) is 9.83. The lowest BCUT2D eigenvalue weighted by molar-refractivity contribution is 0.0977. The Kier molecular flexibility index (Phi) is 8.34. The fraction of sp³-hybridized carbons (Fsp3) is 0.167. The summed E-state index contributed by atoms with van der Waals surface area (Å²) in [5, 5.41) is 6.37. The van der Waals surface area contributed by atoms with E-state index in [0.717, 1.165) is 5.56 Å². The Balaban J connectivity index is 1.64. The number of hydrogen-bond donors (Lipinski definition) is 2. The first-order valence-corrected chi connectivity index (χ1v) is 10.6. The molecule has 172 valence electrons. The second-order valence-corrected chi connectivity index (χ2v) is 7.60. The van der Waals surface area contributed by atoms with Crippen LogP contribution in [0, 0.1) is 0 Å². The Labute approximate surface area is 202 Å². The topological polar surface area (TPSA) is 78.1 Å². The van der Waals surface area contributed by atoms with Gasteiger partial charge in [-0.05, 0) is 60.2 Å². The summed E-state index contributed by atoms with van der Waals surface area (Å²) in [6, 6.07) is 17.4. The van der Waals surface area contributed by atoms with Gasteiger partial charge in [0.25, 0.3) is 5.91 Å². The molecule has 2 N–H and O–H groups in total. The summed E-state index contributed by atoms with van der Waals surface area (Å²) >= 11 is 11.2. The molecule has 1 amide bonds. The Bertz CT molecular complexity index is 1140. The van der Waals surface area contributed by atoms with Crippen molar-refractivity contribution in [3.63, 3.8) is 0 Å². The zero-order valence-electron chi connectivity index (χ0n) is 18.3. The van der Waals surface area contributed by atoms with E-state index in [1.54, 1.807) is 55.6 Å². The Hall–Kier alpha value is -3.49. The lowest BCUT2D eigenvalue weighted by Gasteiger charge is -2.15. The molecule has 0 aliphatic heterocycles. The van der Waals surface area contributed by atoms with E-state index in [2.05, 4.69) is 10.6 Å². The average Bonchev–Trinajstić information content (AvgIpc) is 2.83. The number of methoxy groups -OCH3 is 3. The largest absolute Gasteiger partial charge is 0.497 e. The molecule has 0 bridgehead atoms. The van der Waals surface area contributed by atoms with Gasteiger partial charge in [-0.25, -0.2) is 0 Å². The van der Waals surface area contributed by atoms with Gasteiger partial charge in [0.15, 0.2) is 16.6 Å². The summed E-state index contributed by atoms with van der Waals surface area (Å²) < 4.78 is 21.7. The molecule has 0 saturated heterocycles. The van der Waals surface area contributed by atoms with Crippen LogP contribution in [0.2, 0.25) is 5.02 Å². The molecule has 3 aromatic rings. The van der Waals surface area contributed by atoms with E-state index in [9.17, 15) is 4.79 Å². The SMILES string of the molecule is COc1ccc(NC(=S)NC(=O)c2ccc(OCc3ccc(Cl)cc3)c(OC)c2)c(OC)c1. The monoisotopic (exact) mass is 486 g/mol. The minimum absolute atomic E-state index is 0.116. The third-order valence-electron chi connectivity index (χ3n) is 4.62. The second kappa shape index (κ2) is 11.4. The minimum atomic E-state index is -0.400. The van der Waals surface area contributed by atoms with Crippen molar-refractivity contribution in [2.45, 2.75) is 6.61 Å². The molecule has 3 aromatic carbocycles. The summed E-state index contributed by atoms with van der Waals surface area (Å²) in [6.45, 7) is 0.330. The van der Waals surface area contributed by atoms with Crippen molar-refractivity contribution in [1.29, 1.82) is 0 Å². The van der Waals surface area contributed by atoms with Crippen molar-refractivity contribution in [2.24, 2.45) is 0 Å².